The normalized spacial score (nSPS) is 17.7. The quantitative estimate of drug-likeness (QED) is 0.657. The number of hydrogen-bond acceptors (Lipinski definition) is 3. The molecule has 0 saturated carbocycles. The molecule has 2 rings (SSSR count). The average Bonchev–Trinajstić information content (AvgIpc) is 2.30. The lowest BCUT2D eigenvalue weighted by Crippen LogP contribution is -2.42. The number of nitrogens with one attached hydrogen (secondary N) is 3. The van der Waals surface area contributed by atoms with E-state index in [4.69, 9.17) is 0 Å². The van der Waals surface area contributed by atoms with Crippen molar-refractivity contribution >= 4 is 5.69 Å². The predicted molar refractivity (Wildman–Crippen MR) is 63.8 cm³/mol. The number of rotatable bonds is 3. The van der Waals surface area contributed by atoms with E-state index < -0.39 is 0 Å². The zero-order valence-corrected chi connectivity index (χ0v) is 9.22. The van der Waals surface area contributed by atoms with E-state index in [0.717, 1.165) is 18.8 Å². The summed E-state index contributed by atoms with van der Waals surface area (Å²) in [6.07, 6.45) is 2.39. The SMILES string of the molecule is Cc1ccc(NNC2CCNCC2)cc1. The largest absolute Gasteiger partial charge is 0.321 e. The van der Waals surface area contributed by atoms with Crippen molar-refractivity contribution in [2.45, 2.75) is 25.8 Å². The van der Waals surface area contributed by atoms with Gasteiger partial charge in [-0.15, -0.1) is 0 Å². The molecule has 0 amide bonds. The molecule has 1 aromatic carbocycles. The van der Waals surface area contributed by atoms with E-state index in [2.05, 4.69) is 47.4 Å². The second-order valence-corrected chi connectivity index (χ2v) is 4.16. The van der Waals surface area contributed by atoms with Crippen molar-refractivity contribution < 1.29 is 0 Å². The number of aryl methyl sites for hydroxylation is 1. The fraction of sp³-hybridized carbons (Fsp3) is 0.500. The second kappa shape index (κ2) is 5.14. The molecule has 1 aliphatic rings. The molecule has 0 unspecified atom stereocenters. The van der Waals surface area contributed by atoms with Crippen molar-refractivity contribution in [3.63, 3.8) is 0 Å². The summed E-state index contributed by atoms with van der Waals surface area (Å²) in [6, 6.07) is 9.03. The van der Waals surface area contributed by atoms with Gasteiger partial charge in [-0.3, -0.25) is 0 Å². The van der Waals surface area contributed by atoms with Crippen LogP contribution in [0.4, 0.5) is 5.69 Å². The molecule has 0 aromatic heterocycles. The highest BCUT2D eigenvalue weighted by Gasteiger charge is 2.11. The van der Waals surface area contributed by atoms with Gasteiger partial charge >= 0.3 is 0 Å². The lowest BCUT2D eigenvalue weighted by Gasteiger charge is -2.24. The molecule has 15 heavy (non-hydrogen) atoms. The molecule has 1 heterocycles. The van der Waals surface area contributed by atoms with Crippen molar-refractivity contribution in [3.05, 3.63) is 29.8 Å². The summed E-state index contributed by atoms with van der Waals surface area (Å²) >= 11 is 0. The van der Waals surface area contributed by atoms with Crippen LogP contribution in [-0.2, 0) is 0 Å². The van der Waals surface area contributed by atoms with Crippen LogP contribution in [0.15, 0.2) is 24.3 Å². The third-order valence-corrected chi connectivity index (χ3v) is 2.81. The maximum Gasteiger partial charge on any atom is 0.0487 e. The Labute approximate surface area is 91.2 Å². The fourth-order valence-electron chi connectivity index (χ4n) is 1.79. The van der Waals surface area contributed by atoms with E-state index in [1.54, 1.807) is 0 Å². The fourth-order valence-corrected chi connectivity index (χ4v) is 1.79. The Hall–Kier alpha value is -1.06. The van der Waals surface area contributed by atoms with Gasteiger partial charge in [-0.2, -0.15) is 0 Å². The van der Waals surface area contributed by atoms with Crippen molar-refractivity contribution in [3.8, 4) is 0 Å². The standard InChI is InChI=1S/C12H19N3/c1-10-2-4-11(5-3-10)14-15-12-6-8-13-9-7-12/h2-5,12-15H,6-9H2,1H3. The Bertz CT molecular complexity index is 288. The molecule has 3 nitrogen and oxygen atoms in total. The van der Waals surface area contributed by atoms with Gasteiger partial charge in [0.1, 0.15) is 0 Å². The molecule has 0 bridgehead atoms. The smallest absolute Gasteiger partial charge is 0.0487 e. The van der Waals surface area contributed by atoms with E-state index in [9.17, 15) is 0 Å². The Kier molecular flexibility index (Phi) is 3.59. The molecular weight excluding hydrogens is 186 g/mol. The highest BCUT2D eigenvalue weighted by Crippen LogP contribution is 2.08. The van der Waals surface area contributed by atoms with Crippen LogP contribution in [0.2, 0.25) is 0 Å². The first-order valence-corrected chi connectivity index (χ1v) is 5.63. The molecule has 0 radical (unpaired) electrons. The summed E-state index contributed by atoms with van der Waals surface area (Å²) in [5, 5.41) is 3.35. The van der Waals surface area contributed by atoms with Crippen LogP contribution in [0.5, 0.6) is 0 Å². The predicted octanol–water partition coefficient (Wildman–Crippen LogP) is 1.66. The van der Waals surface area contributed by atoms with Crippen LogP contribution in [-0.4, -0.2) is 19.1 Å². The van der Waals surface area contributed by atoms with Gasteiger partial charge in [0, 0.05) is 11.7 Å². The third kappa shape index (κ3) is 3.22. The zero-order chi connectivity index (χ0) is 10.5. The van der Waals surface area contributed by atoms with E-state index in [1.165, 1.54) is 18.4 Å². The first-order valence-electron chi connectivity index (χ1n) is 5.63. The lowest BCUT2D eigenvalue weighted by atomic mass is 10.1. The van der Waals surface area contributed by atoms with Crippen LogP contribution >= 0.6 is 0 Å². The number of piperidine rings is 1. The minimum absolute atomic E-state index is 0.590. The zero-order valence-electron chi connectivity index (χ0n) is 9.22. The van der Waals surface area contributed by atoms with E-state index in [-0.39, 0.29) is 0 Å². The Morgan fingerprint density at radius 2 is 1.80 bits per heavy atom. The molecular formula is C12H19N3. The Balaban J connectivity index is 1.79. The lowest BCUT2D eigenvalue weighted by molar-refractivity contribution is 0.408. The van der Waals surface area contributed by atoms with Gasteiger partial charge < -0.3 is 10.7 Å². The van der Waals surface area contributed by atoms with E-state index >= 15 is 0 Å². The molecule has 1 aliphatic heterocycles. The molecule has 82 valence electrons. The third-order valence-electron chi connectivity index (χ3n) is 2.81. The molecule has 3 N–H and O–H groups in total. The van der Waals surface area contributed by atoms with Gasteiger partial charge in [0.15, 0.2) is 0 Å². The van der Waals surface area contributed by atoms with Crippen LogP contribution < -0.4 is 16.2 Å². The minimum atomic E-state index is 0.590. The van der Waals surface area contributed by atoms with Crippen molar-refractivity contribution in [1.82, 2.24) is 10.7 Å². The number of anilines is 1. The molecule has 1 fully saturated rings. The number of benzene rings is 1. The molecule has 0 atom stereocenters. The highest BCUT2D eigenvalue weighted by molar-refractivity contribution is 5.43. The van der Waals surface area contributed by atoms with Crippen molar-refractivity contribution in [2.24, 2.45) is 0 Å². The monoisotopic (exact) mass is 205 g/mol. The van der Waals surface area contributed by atoms with Gasteiger partial charge in [-0.1, -0.05) is 17.7 Å². The van der Waals surface area contributed by atoms with E-state index in [1.807, 2.05) is 0 Å². The van der Waals surface area contributed by atoms with Crippen LogP contribution in [0, 0.1) is 6.92 Å². The van der Waals surface area contributed by atoms with Gasteiger partial charge in [0.2, 0.25) is 0 Å². The van der Waals surface area contributed by atoms with Gasteiger partial charge in [0.25, 0.3) is 0 Å². The summed E-state index contributed by atoms with van der Waals surface area (Å²) in [7, 11) is 0. The van der Waals surface area contributed by atoms with Gasteiger partial charge in [0.05, 0.1) is 0 Å². The minimum Gasteiger partial charge on any atom is -0.321 e. The van der Waals surface area contributed by atoms with E-state index in [0.29, 0.717) is 6.04 Å². The number of hydrogen-bond donors (Lipinski definition) is 3. The molecule has 1 saturated heterocycles. The van der Waals surface area contributed by atoms with Crippen LogP contribution in [0.1, 0.15) is 18.4 Å². The maximum atomic E-state index is 3.37. The summed E-state index contributed by atoms with van der Waals surface area (Å²) in [5.74, 6) is 0. The molecule has 0 aliphatic carbocycles. The first-order chi connectivity index (χ1) is 7.34. The topological polar surface area (TPSA) is 36.1 Å². The van der Waals surface area contributed by atoms with Gasteiger partial charge in [-0.05, 0) is 45.0 Å². The second-order valence-electron chi connectivity index (χ2n) is 4.16. The molecule has 3 heteroatoms. The maximum absolute atomic E-state index is 3.37. The van der Waals surface area contributed by atoms with Crippen molar-refractivity contribution in [1.29, 1.82) is 0 Å². The summed E-state index contributed by atoms with van der Waals surface area (Å²) in [6.45, 7) is 4.34. The first kappa shape index (κ1) is 10.5. The number of hydrazine groups is 1. The Morgan fingerprint density at radius 3 is 2.47 bits per heavy atom. The summed E-state index contributed by atoms with van der Waals surface area (Å²) in [5.41, 5.74) is 9.06. The average molecular weight is 205 g/mol. The summed E-state index contributed by atoms with van der Waals surface area (Å²) < 4.78 is 0. The molecule has 1 aromatic rings. The van der Waals surface area contributed by atoms with Crippen LogP contribution in [0.25, 0.3) is 0 Å². The highest BCUT2D eigenvalue weighted by atomic mass is 15.4. The van der Waals surface area contributed by atoms with Crippen LogP contribution in [0.3, 0.4) is 0 Å². The van der Waals surface area contributed by atoms with Gasteiger partial charge in [-0.25, -0.2) is 5.43 Å². The van der Waals surface area contributed by atoms with Crippen molar-refractivity contribution in [2.75, 3.05) is 18.5 Å². The Morgan fingerprint density at radius 1 is 1.13 bits per heavy atom. The molecule has 0 spiro atoms. The summed E-state index contributed by atoms with van der Waals surface area (Å²) in [4.78, 5) is 0.